The molecule has 0 aliphatic rings. The van der Waals surface area contributed by atoms with Gasteiger partial charge in [0.1, 0.15) is 0 Å². The maximum atomic E-state index is 11.3. The van der Waals surface area contributed by atoms with Gasteiger partial charge in [-0.05, 0) is 18.8 Å². The monoisotopic (exact) mass is 242 g/mol. The summed E-state index contributed by atoms with van der Waals surface area (Å²) in [5.74, 6) is 0.434. The summed E-state index contributed by atoms with van der Waals surface area (Å²) in [5, 5.41) is 0. The molecule has 0 N–H and O–H groups in total. The molecule has 0 radical (unpaired) electrons. The van der Waals surface area contributed by atoms with E-state index in [1.54, 1.807) is 7.11 Å². The van der Waals surface area contributed by atoms with Crippen molar-refractivity contribution >= 4 is 0 Å². The van der Waals surface area contributed by atoms with Crippen molar-refractivity contribution in [3.05, 3.63) is 0 Å². The number of hydrogen-bond donors (Lipinski definition) is 0. The maximum Gasteiger partial charge on any atom is 0.345 e. The van der Waals surface area contributed by atoms with Gasteiger partial charge in [0.25, 0.3) is 0 Å². The van der Waals surface area contributed by atoms with E-state index < -0.39 is 6.61 Å². The largest absolute Gasteiger partial charge is 0.385 e. The Bertz CT molecular complexity index is 89.0. The summed E-state index contributed by atoms with van der Waals surface area (Å²) in [6.07, 6.45) is 1.82. The van der Waals surface area contributed by atoms with Gasteiger partial charge in [0.2, 0.25) is 0 Å². The van der Waals surface area contributed by atoms with Crippen LogP contribution < -0.4 is 0 Å². The Balaban J connectivity index is -0.000000205. The molecule has 0 spiro atoms. The first-order valence-corrected chi connectivity index (χ1v) is 5.93. The first kappa shape index (κ1) is 21.1. The molecule has 0 saturated carbocycles. The van der Waals surface area contributed by atoms with E-state index >= 15 is 0 Å². The fourth-order valence-electron chi connectivity index (χ4n) is 0.597. The van der Waals surface area contributed by atoms with Crippen LogP contribution in [0.3, 0.4) is 0 Å². The molecule has 2 nitrogen and oxygen atoms in total. The smallest absolute Gasteiger partial charge is 0.345 e. The van der Waals surface area contributed by atoms with Gasteiger partial charge in [-0.25, -0.2) is 0 Å². The van der Waals surface area contributed by atoms with Gasteiger partial charge < -0.3 is 9.47 Å². The van der Waals surface area contributed by atoms with Crippen molar-refractivity contribution in [1.82, 2.24) is 0 Å². The average molecular weight is 242 g/mol. The van der Waals surface area contributed by atoms with Crippen LogP contribution in [0, 0.1) is 5.92 Å². The molecule has 0 atom stereocenters. The van der Waals surface area contributed by atoms with Crippen molar-refractivity contribution in [1.29, 1.82) is 0 Å². The molecule has 0 heterocycles. The van der Waals surface area contributed by atoms with Crippen molar-refractivity contribution in [2.75, 3.05) is 20.3 Å². The number of methoxy groups -OCH3 is 1. The molecule has 0 saturated heterocycles. The van der Waals surface area contributed by atoms with Gasteiger partial charge in [-0.1, -0.05) is 34.6 Å². The second-order valence-electron chi connectivity index (χ2n) is 3.31. The van der Waals surface area contributed by atoms with Crippen LogP contribution in [0.15, 0.2) is 0 Å². The number of ether oxygens (including phenoxy) is 2. The molecule has 0 aromatic heterocycles. The standard InChI is InChI=1S/C6H12F2O.C4H10O.C2H6/c1-5(2)3-4-9-6(7)8;1-3-4-5-2;1-2/h5-6H,3-4H2,1-2H3;3-4H2,1-2H3;1-2H3. The van der Waals surface area contributed by atoms with Crippen LogP contribution in [0.4, 0.5) is 8.78 Å². The summed E-state index contributed by atoms with van der Waals surface area (Å²) in [6.45, 7) is 8.46. The summed E-state index contributed by atoms with van der Waals surface area (Å²) in [7, 11) is 1.71. The van der Waals surface area contributed by atoms with Crippen LogP contribution in [-0.2, 0) is 9.47 Å². The Morgan fingerprint density at radius 2 is 1.56 bits per heavy atom. The minimum Gasteiger partial charge on any atom is -0.385 e. The van der Waals surface area contributed by atoms with Crippen molar-refractivity contribution in [2.24, 2.45) is 5.92 Å². The van der Waals surface area contributed by atoms with Gasteiger partial charge in [-0.2, -0.15) is 8.78 Å². The first-order valence-electron chi connectivity index (χ1n) is 5.93. The molecule has 0 unspecified atom stereocenters. The third-order valence-corrected chi connectivity index (χ3v) is 1.35. The van der Waals surface area contributed by atoms with Gasteiger partial charge in [0, 0.05) is 13.7 Å². The zero-order valence-corrected chi connectivity index (χ0v) is 11.6. The van der Waals surface area contributed by atoms with Gasteiger partial charge in [-0.3, -0.25) is 0 Å². The third-order valence-electron chi connectivity index (χ3n) is 1.35. The lowest BCUT2D eigenvalue weighted by Crippen LogP contribution is -2.03. The summed E-state index contributed by atoms with van der Waals surface area (Å²) >= 11 is 0. The minimum atomic E-state index is -2.61. The van der Waals surface area contributed by atoms with Crippen LogP contribution in [0.2, 0.25) is 0 Å². The fraction of sp³-hybridized carbons (Fsp3) is 1.00. The van der Waals surface area contributed by atoms with E-state index in [0.29, 0.717) is 12.3 Å². The Labute approximate surface area is 99.3 Å². The summed E-state index contributed by atoms with van der Waals surface area (Å²) in [6, 6.07) is 0. The molecule has 0 fully saturated rings. The second kappa shape index (κ2) is 20.2. The highest BCUT2D eigenvalue weighted by Gasteiger charge is 2.00. The lowest BCUT2D eigenvalue weighted by atomic mass is 10.1. The van der Waals surface area contributed by atoms with E-state index in [1.807, 2.05) is 27.7 Å². The van der Waals surface area contributed by atoms with Gasteiger partial charge >= 0.3 is 6.61 Å². The molecular formula is C12H28F2O2. The Morgan fingerprint density at radius 1 is 1.06 bits per heavy atom. The van der Waals surface area contributed by atoms with Crippen molar-refractivity contribution in [3.63, 3.8) is 0 Å². The highest BCUT2D eigenvalue weighted by molar-refractivity contribution is 4.41. The third kappa shape index (κ3) is 37.2. The van der Waals surface area contributed by atoms with Crippen molar-refractivity contribution in [3.8, 4) is 0 Å². The molecule has 0 aliphatic carbocycles. The molecule has 0 aliphatic heterocycles. The van der Waals surface area contributed by atoms with Gasteiger partial charge in [0.05, 0.1) is 6.61 Å². The molecule has 0 amide bonds. The lowest BCUT2D eigenvalue weighted by molar-refractivity contribution is -0.130. The zero-order chi connectivity index (χ0) is 13.4. The highest BCUT2D eigenvalue weighted by atomic mass is 19.3. The van der Waals surface area contributed by atoms with E-state index in [1.165, 1.54) is 0 Å². The number of hydrogen-bond acceptors (Lipinski definition) is 2. The maximum absolute atomic E-state index is 11.3. The van der Waals surface area contributed by atoms with Crippen LogP contribution in [-0.4, -0.2) is 26.9 Å². The first-order chi connectivity index (χ1) is 7.54. The number of alkyl halides is 2. The Kier molecular flexibility index (Phi) is 26.7. The van der Waals surface area contributed by atoms with Crippen LogP contribution >= 0.6 is 0 Å². The van der Waals surface area contributed by atoms with E-state index in [4.69, 9.17) is 4.74 Å². The number of halogens is 2. The van der Waals surface area contributed by atoms with Gasteiger partial charge in [0.15, 0.2) is 0 Å². The van der Waals surface area contributed by atoms with Crippen LogP contribution in [0.5, 0.6) is 0 Å². The fourth-order valence-corrected chi connectivity index (χ4v) is 0.597. The molecule has 16 heavy (non-hydrogen) atoms. The van der Waals surface area contributed by atoms with Crippen LogP contribution in [0.1, 0.15) is 47.5 Å². The highest BCUT2D eigenvalue weighted by Crippen LogP contribution is 2.02. The molecule has 102 valence electrons. The topological polar surface area (TPSA) is 18.5 Å². The summed E-state index contributed by atoms with van der Waals surface area (Å²) in [4.78, 5) is 0. The lowest BCUT2D eigenvalue weighted by Gasteiger charge is -2.03. The summed E-state index contributed by atoms with van der Waals surface area (Å²) < 4.78 is 31.2. The quantitative estimate of drug-likeness (QED) is 0.689. The number of rotatable bonds is 6. The zero-order valence-electron chi connectivity index (χ0n) is 11.6. The normalized spacial score (nSPS) is 9.38. The molecule has 0 bridgehead atoms. The Morgan fingerprint density at radius 3 is 1.75 bits per heavy atom. The molecule has 0 aromatic carbocycles. The Hall–Kier alpha value is -0.220. The molecule has 4 heteroatoms. The molecule has 0 aromatic rings. The van der Waals surface area contributed by atoms with Crippen molar-refractivity contribution in [2.45, 2.75) is 54.1 Å². The van der Waals surface area contributed by atoms with Gasteiger partial charge in [-0.15, -0.1) is 0 Å². The minimum absolute atomic E-state index is 0.162. The van der Waals surface area contributed by atoms with E-state index in [2.05, 4.69) is 11.7 Å². The van der Waals surface area contributed by atoms with E-state index in [9.17, 15) is 8.78 Å². The predicted molar refractivity (Wildman–Crippen MR) is 64.9 cm³/mol. The molecular weight excluding hydrogens is 214 g/mol. The average Bonchev–Trinajstić information content (AvgIpc) is 2.22. The van der Waals surface area contributed by atoms with E-state index in [-0.39, 0.29) is 6.61 Å². The van der Waals surface area contributed by atoms with Crippen molar-refractivity contribution < 1.29 is 18.3 Å². The van der Waals surface area contributed by atoms with E-state index in [0.717, 1.165) is 13.0 Å². The molecule has 0 rings (SSSR count). The summed E-state index contributed by atoms with van der Waals surface area (Å²) in [5.41, 5.74) is 0. The van der Waals surface area contributed by atoms with Crippen LogP contribution in [0.25, 0.3) is 0 Å². The second-order valence-corrected chi connectivity index (χ2v) is 3.31. The predicted octanol–water partition coefficient (Wildman–Crippen LogP) is 4.34. The SMILES string of the molecule is CC.CC(C)CCOC(F)F.CCCOC.